The van der Waals surface area contributed by atoms with Crippen LogP contribution in [0.2, 0.25) is 0 Å². The van der Waals surface area contributed by atoms with Gasteiger partial charge >= 0.3 is 0 Å². The summed E-state index contributed by atoms with van der Waals surface area (Å²) in [7, 11) is 5.12. The molecule has 0 spiro atoms. The molecule has 8 nitrogen and oxygen atoms in total. The monoisotopic (exact) mass is 415 g/mol. The van der Waals surface area contributed by atoms with E-state index in [0.29, 0.717) is 19.0 Å². The second-order valence-corrected chi connectivity index (χ2v) is 7.07. The van der Waals surface area contributed by atoms with Gasteiger partial charge in [0.15, 0.2) is 5.96 Å². The van der Waals surface area contributed by atoms with Crippen LogP contribution in [0.25, 0.3) is 0 Å². The molecule has 2 aromatic rings. The van der Waals surface area contributed by atoms with E-state index >= 15 is 0 Å². The number of aromatic nitrogens is 1. The van der Waals surface area contributed by atoms with Crippen LogP contribution < -0.4 is 15.4 Å². The largest absolute Gasteiger partial charge is 0.497 e. The number of carbonyl (C=O) groups is 1. The highest BCUT2D eigenvalue weighted by Crippen LogP contribution is 2.16. The van der Waals surface area contributed by atoms with E-state index in [1.54, 1.807) is 26.1 Å². The lowest BCUT2D eigenvalue weighted by Crippen LogP contribution is -2.43. The quantitative estimate of drug-likeness (QED) is 0.456. The third kappa shape index (κ3) is 6.79. The zero-order chi connectivity index (χ0) is 21.9. The smallest absolute Gasteiger partial charge is 0.241 e. The Balaban J connectivity index is 2.04. The fraction of sp³-hybridized carbons (Fsp3) is 0.500. The molecule has 0 unspecified atom stereocenters. The van der Waals surface area contributed by atoms with Gasteiger partial charge in [0.2, 0.25) is 5.91 Å². The average Bonchev–Trinajstić information content (AvgIpc) is 3.17. The van der Waals surface area contributed by atoms with E-state index in [-0.39, 0.29) is 12.5 Å². The highest BCUT2D eigenvalue weighted by atomic mass is 16.5. The molecule has 1 heterocycles. The van der Waals surface area contributed by atoms with Crippen LogP contribution >= 0.6 is 0 Å². The predicted molar refractivity (Wildman–Crippen MR) is 118 cm³/mol. The Morgan fingerprint density at radius 1 is 1.17 bits per heavy atom. The topological polar surface area (TPSA) is 92.0 Å². The summed E-state index contributed by atoms with van der Waals surface area (Å²) in [4.78, 5) is 18.2. The van der Waals surface area contributed by atoms with Gasteiger partial charge in [0.1, 0.15) is 11.5 Å². The number of benzene rings is 1. The number of amides is 1. The molecule has 0 aliphatic heterocycles. The number of guanidine groups is 1. The van der Waals surface area contributed by atoms with E-state index < -0.39 is 0 Å². The van der Waals surface area contributed by atoms with Gasteiger partial charge in [0.05, 0.1) is 25.9 Å². The fourth-order valence-electron chi connectivity index (χ4n) is 2.88. The van der Waals surface area contributed by atoms with Crippen LogP contribution in [0.1, 0.15) is 36.4 Å². The molecule has 1 aromatic carbocycles. The zero-order valence-electron chi connectivity index (χ0n) is 18.6. The molecule has 0 bridgehead atoms. The van der Waals surface area contributed by atoms with Crippen LogP contribution in [-0.2, 0) is 30.6 Å². The molecule has 0 fully saturated rings. The maximum Gasteiger partial charge on any atom is 0.241 e. The van der Waals surface area contributed by atoms with Crippen molar-refractivity contribution in [3.05, 3.63) is 46.8 Å². The molecule has 0 aliphatic rings. The minimum atomic E-state index is -0.0203. The molecule has 2 rings (SSSR count). The van der Waals surface area contributed by atoms with Gasteiger partial charge < -0.3 is 24.8 Å². The molecule has 164 valence electrons. The number of likely N-dealkylation sites (N-methyl/N-ethyl adjacent to an activating group) is 1. The number of nitrogens with one attached hydrogen (secondary N) is 2. The minimum Gasteiger partial charge on any atom is -0.497 e. The zero-order valence-corrected chi connectivity index (χ0v) is 18.6. The van der Waals surface area contributed by atoms with Crippen LogP contribution in [-0.4, -0.2) is 56.2 Å². The fourth-order valence-corrected chi connectivity index (χ4v) is 2.88. The van der Waals surface area contributed by atoms with Crippen LogP contribution in [0.3, 0.4) is 0 Å². The van der Waals surface area contributed by atoms with Crippen LogP contribution in [0.15, 0.2) is 33.8 Å². The SMILES string of the molecule is CCc1noc(CC)c1CN=C(NCCc1ccc(OC)cc1)NCC(=O)N(C)C. The highest BCUT2D eigenvalue weighted by Gasteiger charge is 2.13. The molecule has 1 amide bonds. The van der Waals surface area contributed by atoms with Crippen molar-refractivity contribution in [1.29, 1.82) is 0 Å². The van der Waals surface area contributed by atoms with E-state index in [4.69, 9.17) is 9.26 Å². The first-order chi connectivity index (χ1) is 14.5. The summed E-state index contributed by atoms with van der Waals surface area (Å²) in [6.45, 7) is 5.39. The van der Waals surface area contributed by atoms with E-state index in [1.807, 2.05) is 38.1 Å². The number of aliphatic imine (C=N–C) groups is 1. The van der Waals surface area contributed by atoms with Crippen LogP contribution in [0, 0.1) is 0 Å². The first-order valence-corrected chi connectivity index (χ1v) is 10.3. The van der Waals surface area contributed by atoms with Crippen molar-refractivity contribution < 1.29 is 14.1 Å². The summed E-state index contributed by atoms with van der Waals surface area (Å²) in [5.74, 6) is 2.26. The van der Waals surface area contributed by atoms with Gasteiger partial charge in [-0.2, -0.15) is 0 Å². The third-order valence-corrected chi connectivity index (χ3v) is 4.77. The third-order valence-electron chi connectivity index (χ3n) is 4.77. The lowest BCUT2D eigenvalue weighted by atomic mass is 10.1. The lowest BCUT2D eigenvalue weighted by Gasteiger charge is -2.15. The number of ether oxygens (including phenoxy) is 1. The summed E-state index contributed by atoms with van der Waals surface area (Å²) in [5.41, 5.74) is 3.14. The van der Waals surface area contributed by atoms with E-state index in [9.17, 15) is 4.79 Å². The van der Waals surface area contributed by atoms with Crippen molar-refractivity contribution in [3.63, 3.8) is 0 Å². The van der Waals surface area contributed by atoms with Gasteiger partial charge in [-0.25, -0.2) is 4.99 Å². The van der Waals surface area contributed by atoms with Crippen LogP contribution in [0.4, 0.5) is 0 Å². The van der Waals surface area contributed by atoms with Crippen molar-refractivity contribution in [1.82, 2.24) is 20.7 Å². The maximum atomic E-state index is 12.0. The first kappa shape index (κ1) is 23.3. The van der Waals surface area contributed by atoms with Gasteiger partial charge in [-0.3, -0.25) is 4.79 Å². The first-order valence-electron chi connectivity index (χ1n) is 10.3. The van der Waals surface area contributed by atoms with Crippen molar-refractivity contribution >= 4 is 11.9 Å². The number of hydrogen-bond acceptors (Lipinski definition) is 5. The van der Waals surface area contributed by atoms with Crippen molar-refractivity contribution in [2.75, 3.05) is 34.3 Å². The van der Waals surface area contributed by atoms with Crippen molar-refractivity contribution in [3.8, 4) is 5.75 Å². The van der Waals surface area contributed by atoms with E-state index in [2.05, 4.69) is 20.8 Å². The predicted octanol–water partition coefficient (Wildman–Crippen LogP) is 2.17. The summed E-state index contributed by atoms with van der Waals surface area (Å²) in [6.07, 6.45) is 2.38. The number of rotatable bonds is 10. The Hall–Kier alpha value is -3.03. The second kappa shape index (κ2) is 11.8. The molecule has 0 aliphatic carbocycles. The molecule has 0 radical (unpaired) electrons. The minimum absolute atomic E-state index is 0.0203. The van der Waals surface area contributed by atoms with Crippen LogP contribution in [0.5, 0.6) is 5.75 Å². The molecular weight excluding hydrogens is 382 g/mol. The Kier molecular flexibility index (Phi) is 9.18. The van der Waals surface area contributed by atoms with Gasteiger partial charge in [-0.15, -0.1) is 0 Å². The number of methoxy groups -OCH3 is 1. The number of nitrogens with zero attached hydrogens (tertiary/aromatic N) is 3. The molecule has 0 saturated heterocycles. The molecule has 30 heavy (non-hydrogen) atoms. The lowest BCUT2D eigenvalue weighted by molar-refractivity contribution is -0.127. The highest BCUT2D eigenvalue weighted by molar-refractivity contribution is 5.86. The summed E-state index contributed by atoms with van der Waals surface area (Å²) in [5, 5.41) is 10.6. The van der Waals surface area contributed by atoms with Crippen molar-refractivity contribution in [2.45, 2.75) is 39.7 Å². The average molecular weight is 416 g/mol. The number of carbonyl (C=O) groups excluding carboxylic acids is 1. The van der Waals surface area contributed by atoms with E-state index in [0.717, 1.165) is 42.0 Å². The van der Waals surface area contributed by atoms with Gasteiger partial charge in [-0.05, 0) is 30.5 Å². The molecule has 0 saturated carbocycles. The summed E-state index contributed by atoms with van der Waals surface area (Å²) >= 11 is 0. The Bertz CT molecular complexity index is 806. The number of aryl methyl sites for hydroxylation is 2. The standard InChI is InChI=1S/C22H33N5O3/c1-6-19-18(20(7-2)30-26-19)14-24-22(25-15-21(28)27(3)4)23-13-12-16-8-10-17(29-5)11-9-16/h8-11H,6-7,12-15H2,1-5H3,(H2,23,24,25). The van der Waals surface area contributed by atoms with Gasteiger partial charge in [-0.1, -0.05) is 31.1 Å². The second-order valence-electron chi connectivity index (χ2n) is 7.07. The summed E-state index contributed by atoms with van der Waals surface area (Å²) in [6, 6.07) is 7.97. The Morgan fingerprint density at radius 2 is 1.90 bits per heavy atom. The van der Waals surface area contributed by atoms with Gasteiger partial charge in [0.25, 0.3) is 0 Å². The van der Waals surface area contributed by atoms with Gasteiger partial charge in [0, 0.05) is 32.6 Å². The molecular formula is C22H33N5O3. The van der Waals surface area contributed by atoms with Crippen molar-refractivity contribution in [2.24, 2.45) is 4.99 Å². The maximum absolute atomic E-state index is 12.0. The molecule has 1 aromatic heterocycles. The molecule has 0 atom stereocenters. The Labute approximate surface area is 178 Å². The molecule has 8 heteroatoms. The summed E-state index contributed by atoms with van der Waals surface area (Å²) < 4.78 is 10.6. The normalized spacial score (nSPS) is 11.3. The molecule has 2 N–H and O–H groups in total. The number of hydrogen-bond donors (Lipinski definition) is 2. The van der Waals surface area contributed by atoms with E-state index in [1.165, 1.54) is 5.56 Å². The Morgan fingerprint density at radius 3 is 2.50 bits per heavy atom.